The van der Waals surface area contributed by atoms with Gasteiger partial charge in [0.2, 0.25) is 0 Å². The molecule has 0 aliphatic rings. The first-order chi connectivity index (χ1) is 17.9. The van der Waals surface area contributed by atoms with Crippen molar-refractivity contribution in [3.8, 4) is 0 Å². The van der Waals surface area contributed by atoms with Crippen molar-refractivity contribution in [3.63, 3.8) is 0 Å². The summed E-state index contributed by atoms with van der Waals surface area (Å²) in [5, 5.41) is 11.2. The largest absolute Gasteiger partial charge is 0.465 e. The van der Waals surface area contributed by atoms with Crippen LogP contribution in [-0.4, -0.2) is 28.9 Å². The maximum absolute atomic E-state index is 11.5. The van der Waals surface area contributed by atoms with E-state index in [1.807, 2.05) is 110 Å². The normalized spacial score (nSPS) is 12.4. The van der Waals surface area contributed by atoms with Crippen LogP contribution in [0.2, 0.25) is 0 Å². The van der Waals surface area contributed by atoms with E-state index in [2.05, 4.69) is 18.5 Å². The Balaban J connectivity index is 0.000000416. The molecule has 0 aliphatic carbocycles. The standard InChI is InChI=1S/C19H28O4.C13H17NO2/c1-14(2)17(20)21-15(3)13-18(4,5)22-23-19(6,7)16-11-9-8-10-12-16;1-9(2)10-6-5-7-11(8-10)13(3,4)14-12(15)16/h8-12,15H,1,13H2,2-7H3;5-8,14H,1H2,2-4H3,(H,15,16). The molecule has 0 heterocycles. The molecule has 2 aromatic carbocycles. The van der Waals surface area contributed by atoms with Gasteiger partial charge in [-0.2, -0.15) is 0 Å². The molecule has 1 amide bonds. The van der Waals surface area contributed by atoms with Gasteiger partial charge < -0.3 is 15.2 Å². The summed E-state index contributed by atoms with van der Waals surface area (Å²) in [7, 11) is 0. The van der Waals surface area contributed by atoms with Gasteiger partial charge in [0, 0.05) is 12.0 Å². The van der Waals surface area contributed by atoms with Crippen molar-refractivity contribution in [2.75, 3.05) is 0 Å². The highest BCUT2D eigenvalue weighted by Gasteiger charge is 2.30. The van der Waals surface area contributed by atoms with Crippen molar-refractivity contribution < 1.29 is 29.2 Å². The summed E-state index contributed by atoms with van der Waals surface area (Å²) < 4.78 is 5.29. The smallest absolute Gasteiger partial charge is 0.405 e. The lowest BCUT2D eigenvalue weighted by Crippen LogP contribution is -2.40. The zero-order valence-electron chi connectivity index (χ0n) is 24.9. The molecule has 7 heteroatoms. The average Bonchev–Trinajstić information content (AvgIpc) is 2.83. The number of carbonyl (C=O) groups is 2. The first-order valence-corrected chi connectivity index (χ1v) is 12.9. The zero-order chi connectivity index (χ0) is 30.0. The molecule has 0 aromatic heterocycles. The van der Waals surface area contributed by atoms with Gasteiger partial charge in [-0.1, -0.05) is 67.3 Å². The third-order valence-electron chi connectivity index (χ3n) is 5.88. The Bertz CT molecular complexity index is 1130. The zero-order valence-corrected chi connectivity index (χ0v) is 24.9. The van der Waals surface area contributed by atoms with E-state index in [9.17, 15) is 9.59 Å². The molecule has 0 fully saturated rings. The van der Waals surface area contributed by atoms with Gasteiger partial charge in [-0.15, -0.1) is 0 Å². The first kappa shape index (κ1) is 33.6. The molecular weight excluding hydrogens is 494 g/mol. The Morgan fingerprint density at radius 3 is 1.97 bits per heavy atom. The first-order valence-electron chi connectivity index (χ1n) is 12.9. The topological polar surface area (TPSA) is 94.1 Å². The number of nitrogens with one attached hydrogen (secondary N) is 1. The number of carboxylic acid groups (broad SMARTS) is 1. The van der Waals surface area contributed by atoms with Crippen LogP contribution in [0.1, 0.15) is 85.4 Å². The lowest BCUT2D eigenvalue weighted by molar-refractivity contribution is -0.408. The second-order valence-electron chi connectivity index (χ2n) is 11.4. The Morgan fingerprint density at radius 2 is 1.46 bits per heavy atom. The number of carbonyl (C=O) groups excluding carboxylic acids is 1. The molecule has 0 saturated heterocycles. The second-order valence-corrected chi connectivity index (χ2v) is 11.4. The van der Waals surface area contributed by atoms with Crippen LogP contribution in [0.15, 0.2) is 73.3 Å². The van der Waals surface area contributed by atoms with Gasteiger partial charge in [-0.3, -0.25) is 0 Å². The summed E-state index contributed by atoms with van der Waals surface area (Å²) in [5.74, 6) is -0.390. The Morgan fingerprint density at radius 1 is 0.897 bits per heavy atom. The quantitative estimate of drug-likeness (QED) is 0.131. The number of benzene rings is 2. The lowest BCUT2D eigenvalue weighted by Gasteiger charge is -2.32. The van der Waals surface area contributed by atoms with Crippen LogP contribution in [0.25, 0.3) is 5.57 Å². The van der Waals surface area contributed by atoms with Gasteiger partial charge in [-0.05, 0) is 85.1 Å². The van der Waals surface area contributed by atoms with E-state index in [1.54, 1.807) is 6.92 Å². The van der Waals surface area contributed by atoms with Crippen LogP contribution in [0.5, 0.6) is 0 Å². The third-order valence-corrected chi connectivity index (χ3v) is 5.88. The molecule has 0 bridgehead atoms. The molecule has 0 saturated carbocycles. The molecule has 0 radical (unpaired) electrons. The molecule has 39 heavy (non-hydrogen) atoms. The third kappa shape index (κ3) is 11.9. The molecule has 0 spiro atoms. The van der Waals surface area contributed by atoms with Crippen molar-refractivity contribution in [1.29, 1.82) is 0 Å². The van der Waals surface area contributed by atoms with Crippen LogP contribution in [0.4, 0.5) is 4.79 Å². The van der Waals surface area contributed by atoms with Crippen LogP contribution < -0.4 is 5.32 Å². The Kier molecular flexibility index (Phi) is 12.2. The molecule has 0 aliphatic heterocycles. The second kappa shape index (κ2) is 14.1. The molecule has 7 nitrogen and oxygen atoms in total. The molecular formula is C32H45NO6. The average molecular weight is 540 g/mol. The number of ether oxygens (including phenoxy) is 1. The van der Waals surface area contributed by atoms with E-state index < -0.39 is 22.8 Å². The van der Waals surface area contributed by atoms with Gasteiger partial charge in [-0.25, -0.2) is 19.4 Å². The number of amides is 1. The van der Waals surface area contributed by atoms with Gasteiger partial charge >= 0.3 is 12.1 Å². The monoisotopic (exact) mass is 539 g/mol. The molecule has 214 valence electrons. The summed E-state index contributed by atoms with van der Waals surface area (Å²) in [5.41, 5.74) is 2.56. The highest BCUT2D eigenvalue weighted by atomic mass is 17.2. The van der Waals surface area contributed by atoms with Crippen molar-refractivity contribution in [2.24, 2.45) is 0 Å². The Hall–Kier alpha value is -3.42. The minimum atomic E-state index is -1.02. The van der Waals surface area contributed by atoms with E-state index in [0.717, 1.165) is 22.3 Å². The molecule has 2 rings (SSSR count). The fourth-order valence-corrected chi connectivity index (χ4v) is 3.67. The van der Waals surface area contributed by atoms with Gasteiger partial charge in [0.25, 0.3) is 0 Å². The predicted octanol–water partition coefficient (Wildman–Crippen LogP) is 7.77. The van der Waals surface area contributed by atoms with Gasteiger partial charge in [0.1, 0.15) is 17.3 Å². The summed E-state index contributed by atoms with van der Waals surface area (Å²) in [6.07, 6.45) is -0.806. The highest BCUT2D eigenvalue weighted by molar-refractivity contribution is 5.87. The minimum Gasteiger partial charge on any atom is -0.465 e. The summed E-state index contributed by atoms with van der Waals surface area (Å²) in [4.78, 5) is 33.5. The predicted molar refractivity (Wildman–Crippen MR) is 156 cm³/mol. The summed E-state index contributed by atoms with van der Waals surface area (Å²) in [6.45, 7) is 24.2. The molecule has 2 N–H and O–H groups in total. The Labute approximate surface area is 233 Å². The van der Waals surface area contributed by atoms with E-state index in [0.29, 0.717) is 12.0 Å². The summed E-state index contributed by atoms with van der Waals surface area (Å²) >= 11 is 0. The number of hydrogen-bond donors (Lipinski definition) is 2. The van der Waals surface area contributed by atoms with Gasteiger partial charge in [0.15, 0.2) is 0 Å². The van der Waals surface area contributed by atoms with Crippen LogP contribution >= 0.6 is 0 Å². The maximum atomic E-state index is 11.5. The molecule has 1 atom stereocenters. The minimum absolute atomic E-state index is 0.294. The molecule has 2 aromatic rings. The lowest BCUT2D eigenvalue weighted by atomic mass is 9.92. The van der Waals surface area contributed by atoms with Gasteiger partial charge in [0.05, 0.1) is 5.54 Å². The number of rotatable bonds is 11. The van der Waals surface area contributed by atoms with E-state index in [4.69, 9.17) is 19.6 Å². The molecule has 1 unspecified atom stereocenters. The van der Waals surface area contributed by atoms with Crippen molar-refractivity contribution in [2.45, 2.75) is 91.6 Å². The van der Waals surface area contributed by atoms with E-state index in [1.165, 1.54) is 0 Å². The highest BCUT2D eigenvalue weighted by Crippen LogP contribution is 2.29. The van der Waals surface area contributed by atoms with Crippen molar-refractivity contribution >= 4 is 17.6 Å². The number of allylic oxidation sites excluding steroid dienone is 1. The van der Waals surface area contributed by atoms with Crippen LogP contribution in [-0.2, 0) is 30.4 Å². The fraction of sp³-hybridized carbons (Fsp3) is 0.438. The van der Waals surface area contributed by atoms with E-state index >= 15 is 0 Å². The SMILES string of the molecule is C=C(C)C(=O)OC(C)CC(C)(C)OOC(C)(C)c1ccccc1.C=C(C)c1cccc(C(C)(C)NC(=O)O)c1. The maximum Gasteiger partial charge on any atom is 0.405 e. The fourth-order valence-electron chi connectivity index (χ4n) is 3.67. The number of hydrogen-bond acceptors (Lipinski definition) is 5. The van der Waals surface area contributed by atoms with Crippen molar-refractivity contribution in [3.05, 3.63) is 90.0 Å². The summed E-state index contributed by atoms with van der Waals surface area (Å²) in [6, 6.07) is 17.6. The number of esters is 1. The van der Waals surface area contributed by atoms with Crippen LogP contribution in [0.3, 0.4) is 0 Å². The van der Waals surface area contributed by atoms with Crippen LogP contribution in [0, 0.1) is 0 Å². The van der Waals surface area contributed by atoms with Crippen molar-refractivity contribution in [1.82, 2.24) is 5.32 Å². The van der Waals surface area contributed by atoms with E-state index in [-0.39, 0.29) is 12.1 Å².